The first-order valence-electron chi connectivity index (χ1n) is 7.15. The molecule has 0 heterocycles. The minimum Gasteiger partial charge on any atom is -0.310 e. The van der Waals surface area contributed by atoms with E-state index in [1.807, 2.05) is 0 Å². The van der Waals surface area contributed by atoms with Crippen molar-refractivity contribution >= 4 is 11.6 Å². The third-order valence-electron chi connectivity index (χ3n) is 3.66. The zero-order valence-electron chi connectivity index (χ0n) is 12.4. The predicted octanol–water partition coefficient (Wildman–Crippen LogP) is 4.85. The smallest absolute Gasteiger partial charge is 0.0438 e. The Bertz CT molecular complexity index is 563. The fraction of sp³-hybridized carbons (Fsp3) is 0.333. The van der Waals surface area contributed by atoms with E-state index in [9.17, 15) is 0 Å². The van der Waals surface area contributed by atoms with Crippen LogP contribution in [0.15, 0.2) is 42.5 Å². The molecule has 0 saturated carbocycles. The van der Waals surface area contributed by atoms with Gasteiger partial charge < -0.3 is 5.32 Å². The van der Waals surface area contributed by atoms with Crippen molar-refractivity contribution in [3.05, 3.63) is 69.7 Å². The van der Waals surface area contributed by atoms with Gasteiger partial charge >= 0.3 is 0 Å². The molecule has 0 spiro atoms. The van der Waals surface area contributed by atoms with Gasteiger partial charge in [-0.3, -0.25) is 0 Å². The topological polar surface area (TPSA) is 12.0 Å². The number of hydrogen-bond acceptors (Lipinski definition) is 1. The van der Waals surface area contributed by atoms with E-state index in [-0.39, 0.29) is 0 Å². The molecule has 0 bridgehead atoms. The van der Waals surface area contributed by atoms with Gasteiger partial charge in [0.2, 0.25) is 0 Å². The number of rotatable bonds is 5. The van der Waals surface area contributed by atoms with Gasteiger partial charge in [0, 0.05) is 11.1 Å². The number of benzene rings is 2. The summed E-state index contributed by atoms with van der Waals surface area (Å²) < 4.78 is 0. The van der Waals surface area contributed by atoms with E-state index < -0.39 is 0 Å². The SMILES string of the molecule is CCNC(Cc1ccccc1)c1cc(C)c(Cl)cc1C. The van der Waals surface area contributed by atoms with E-state index in [0.717, 1.165) is 23.6 Å². The fourth-order valence-corrected chi connectivity index (χ4v) is 2.79. The molecule has 1 nitrogen and oxygen atoms in total. The van der Waals surface area contributed by atoms with Crippen LogP contribution in [0.5, 0.6) is 0 Å². The molecule has 2 heteroatoms. The second kappa shape index (κ2) is 6.92. The van der Waals surface area contributed by atoms with Crippen molar-refractivity contribution in [3.8, 4) is 0 Å². The third-order valence-corrected chi connectivity index (χ3v) is 4.06. The maximum Gasteiger partial charge on any atom is 0.0438 e. The number of aryl methyl sites for hydroxylation is 2. The highest BCUT2D eigenvalue weighted by molar-refractivity contribution is 6.31. The lowest BCUT2D eigenvalue weighted by atomic mass is 9.94. The van der Waals surface area contributed by atoms with Gasteiger partial charge in [0.05, 0.1) is 0 Å². The van der Waals surface area contributed by atoms with Crippen LogP contribution in [0.2, 0.25) is 5.02 Å². The Kier molecular flexibility index (Phi) is 5.22. The lowest BCUT2D eigenvalue weighted by molar-refractivity contribution is 0.547. The normalized spacial score (nSPS) is 12.4. The molecule has 0 amide bonds. The van der Waals surface area contributed by atoms with Gasteiger partial charge in [0.15, 0.2) is 0 Å². The van der Waals surface area contributed by atoms with Crippen molar-refractivity contribution in [2.45, 2.75) is 33.2 Å². The molecule has 20 heavy (non-hydrogen) atoms. The maximum atomic E-state index is 6.21. The van der Waals surface area contributed by atoms with Crippen molar-refractivity contribution in [2.75, 3.05) is 6.54 Å². The van der Waals surface area contributed by atoms with Gasteiger partial charge in [0.1, 0.15) is 0 Å². The molecule has 0 aliphatic heterocycles. The molecule has 1 unspecified atom stereocenters. The van der Waals surface area contributed by atoms with Crippen LogP contribution < -0.4 is 5.32 Å². The van der Waals surface area contributed by atoms with Crippen LogP contribution >= 0.6 is 11.6 Å². The number of nitrogens with one attached hydrogen (secondary N) is 1. The highest BCUT2D eigenvalue weighted by Crippen LogP contribution is 2.27. The quantitative estimate of drug-likeness (QED) is 0.829. The molecule has 0 radical (unpaired) electrons. The van der Waals surface area contributed by atoms with Gasteiger partial charge in [-0.15, -0.1) is 0 Å². The second-order valence-electron chi connectivity index (χ2n) is 5.26. The summed E-state index contributed by atoms with van der Waals surface area (Å²) in [5, 5.41) is 4.44. The van der Waals surface area contributed by atoms with E-state index in [2.05, 4.69) is 68.6 Å². The van der Waals surface area contributed by atoms with Crippen LogP contribution in [-0.4, -0.2) is 6.54 Å². The third kappa shape index (κ3) is 3.62. The van der Waals surface area contributed by atoms with Crippen LogP contribution in [-0.2, 0) is 6.42 Å². The first-order chi connectivity index (χ1) is 9.61. The molecule has 2 aromatic carbocycles. The molecule has 106 valence electrons. The molecule has 0 aliphatic rings. The predicted molar refractivity (Wildman–Crippen MR) is 87.5 cm³/mol. The molecule has 1 N–H and O–H groups in total. The molecule has 0 aliphatic carbocycles. The molecule has 1 atom stereocenters. The Morgan fingerprint density at radius 3 is 2.40 bits per heavy atom. The highest BCUT2D eigenvalue weighted by Gasteiger charge is 2.14. The van der Waals surface area contributed by atoms with Gasteiger partial charge in [-0.2, -0.15) is 0 Å². The Morgan fingerprint density at radius 2 is 1.75 bits per heavy atom. The lowest BCUT2D eigenvalue weighted by Crippen LogP contribution is -2.23. The van der Waals surface area contributed by atoms with Crippen molar-refractivity contribution in [1.29, 1.82) is 0 Å². The van der Waals surface area contributed by atoms with Gasteiger partial charge in [-0.05, 0) is 55.1 Å². The molecule has 0 saturated heterocycles. The summed E-state index contributed by atoms with van der Waals surface area (Å²) in [6.07, 6.45) is 0.997. The van der Waals surface area contributed by atoms with Crippen LogP contribution in [0.3, 0.4) is 0 Å². The van der Waals surface area contributed by atoms with Crippen LogP contribution in [0.1, 0.15) is 35.2 Å². The van der Waals surface area contributed by atoms with Crippen molar-refractivity contribution in [1.82, 2.24) is 5.32 Å². The lowest BCUT2D eigenvalue weighted by Gasteiger charge is -2.21. The molecule has 2 aromatic rings. The van der Waals surface area contributed by atoms with E-state index >= 15 is 0 Å². The first-order valence-corrected chi connectivity index (χ1v) is 7.53. The number of likely N-dealkylation sites (N-methyl/N-ethyl adjacent to an activating group) is 1. The fourth-order valence-electron chi connectivity index (χ4n) is 2.57. The summed E-state index contributed by atoms with van der Waals surface area (Å²) in [4.78, 5) is 0. The van der Waals surface area contributed by atoms with Crippen LogP contribution in [0.25, 0.3) is 0 Å². The molecular weight excluding hydrogens is 266 g/mol. The Labute approximate surface area is 127 Å². The van der Waals surface area contributed by atoms with Crippen molar-refractivity contribution in [3.63, 3.8) is 0 Å². The zero-order chi connectivity index (χ0) is 14.5. The number of halogens is 1. The number of hydrogen-bond donors (Lipinski definition) is 1. The summed E-state index contributed by atoms with van der Waals surface area (Å²) in [6, 6.07) is 15.2. The zero-order valence-corrected chi connectivity index (χ0v) is 13.2. The molecule has 0 fully saturated rings. The maximum absolute atomic E-state index is 6.21. The van der Waals surface area contributed by atoms with E-state index in [4.69, 9.17) is 11.6 Å². The van der Waals surface area contributed by atoms with E-state index in [1.54, 1.807) is 0 Å². The van der Waals surface area contributed by atoms with Crippen molar-refractivity contribution in [2.24, 2.45) is 0 Å². The average molecular weight is 288 g/mol. The average Bonchev–Trinajstić information content (AvgIpc) is 2.44. The van der Waals surface area contributed by atoms with Crippen molar-refractivity contribution < 1.29 is 0 Å². The van der Waals surface area contributed by atoms with Gasteiger partial charge in [-0.1, -0.05) is 54.9 Å². The highest BCUT2D eigenvalue weighted by atomic mass is 35.5. The Hall–Kier alpha value is -1.31. The summed E-state index contributed by atoms with van der Waals surface area (Å²) in [6.45, 7) is 7.31. The Morgan fingerprint density at radius 1 is 1.05 bits per heavy atom. The van der Waals surface area contributed by atoms with Gasteiger partial charge in [0.25, 0.3) is 0 Å². The van der Waals surface area contributed by atoms with E-state index in [1.165, 1.54) is 16.7 Å². The summed E-state index contributed by atoms with van der Waals surface area (Å²) >= 11 is 6.21. The van der Waals surface area contributed by atoms with Gasteiger partial charge in [-0.25, -0.2) is 0 Å². The second-order valence-corrected chi connectivity index (χ2v) is 5.67. The minimum absolute atomic E-state index is 0.332. The Balaban J connectivity index is 2.31. The summed E-state index contributed by atoms with van der Waals surface area (Å²) in [5.41, 5.74) is 5.09. The molecular formula is C18H22ClN. The minimum atomic E-state index is 0.332. The molecule has 2 rings (SSSR count). The van der Waals surface area contributed by atoms with Crippen LogP contribution in [0.4, 0.5) is 0 Å². The summed E-state index contributed by atoms with van der Waals surface area (Å²) in [5.74, 6) is 0. The standard InChI is InChI=1S/C18H22ClN/c1-4-20-18(12-15-8-6-5-7-9-15)16-10-14(3)17(19)11-13(16)2/h5-11,18,20H,4,12H2,1-3H3. The first kappa shape index (κ1) is 15.1. The van der Waals surface area contributed by atoms with E-state index in [0.29, 0.717) is 6.04 Å². The monoisotopic (exact) mass is 287 g/mol. The molecule has 0 aromatic heterocycles. The summed E-state index contributed by atoms with van der Waals surface area (Å²) in [7, 11) is 0. The van der Waals surface area contributed by atoms with Crippen LogP contribution in [0, 0.1) is 13.8 Å². The largest absolute Gasteiger partial charge is 0.310 e.